The lowest BCUT2D eigenvalue weighted by molar-refractivity contribution is -0.120. The largest absolute Gasteiger partial charge is 0.508 e. The van der Waals surface area contributed by atoms with E-state index in [2.05, 4.69) is 10.6 Å². The number of carbonyl (C=O) groups excluding carboxylic acids is 2. The molecule has 7 heteroatoms. The van der Waals surface area contributed by atoms with Gasteiger partial charge in [-0.3, -0.25) is 9.59 Å². The fourth-order valence-corrected chi connectivity index (χ4v) is 2.20. The number of phenolic OH excluding ortho intramolecular Hbond substituents is 1. The third-order valence-electron chi connectivity index (χ3n) is 3.40. The minimum absolute atomic E-state index is 0.0674. The van der Waals surface area contributed by atoms with Gasteiger partial charge in [-0.15, -0.1) is 0 Å². The minimum atomic E-state index is -0.499. The average molecular weight is 356 g/mol. The molecule has 136 valence electrons. The summed E-state index contributed by atoms with van der Waals surface area (Å²) in [6.45, 7) is 1.32. The maximum Gasteiger partial charge on any atom is 0.272 e. The van der Waals surface area contributed by atoms with Gasteiger partial charge in [0.1, 0.15) is 11.4 Å². The monoisotopic (exact) mass is 356 g/mol. The summed E-state index contributed by atoms with van der Waals surface area (Å²) in [5, 5.41) is 14.5. The summed E-state index contributed by atoms with van der Waals surface area (Å²) in [5.41, 5.74) is 1.20. The first-order valence-electron chi connectivity index (χ1n) is 7.74. The van der Waals surface area contributed by atoms with E-state index in [1.807, 2.05) is 0 Å². The van der Waals surface area contributed by atoms with Gasteiger partial charge >= 0.3 is 0 Å². The van der Waals surface area contributed by atoms with Crippen LogP contribution in [-0.2, 0) is 9.59 Å². The zero-order chi connectivity index (χ0) is 19.1. The van der Waals surface area contributed by atoms with Crippen molar-refractivity contribution in [1.82, 2.24) is 5.32 Å². The van der Waals surface area contributed by atoms with Gasteiger partial charge in [0.05, 0.1) is 14.2 Å². The van der Waals surface area contributed by atoms with E-state index < -0.39 is 5.91 Å². The molecule has 0 atom stereocenters. The molecule has 0 fully saturated rings. The fraction of sp³-hybridized carbons (Fsp3) is 0.158. The Morgan fingerprint density at radius 3 is 2.23 bits per heavy atom. The molecule has 2 amide bonds. The van der Waals surface area contributed by atoms with E-state index in [0.717, 1.165) is 0 Å². The van der Waals surface area contributed by atoms with E-state index in [4.69, 9.17) is 9.47 Å². The second-order valence-corrected chi connectivity index (χ2v) is 5.35. The van der Waals surface area contributed by atoms with Gasteiger partial charge < -0.3 is 25.2 Å². The highest BCUT2D eigenvalue weighted by molar-refractivity contribution is 6.08. The van der Waals surface area contributed by atoms with Crippen molar-refractivity contribution >= 4 is 23.6 Å². The molecule has 2 aromatic carbocycles. The Kier molecular flexibility index (Phi) is 6.21. The summed E-state index contributed by atoms with van der Waals surface area (Å²) < 4.78 is 10.4. The third-order valence-corrected chi connectivity index (χ3v) is 3.40. The molecule has 7 nitrogen and oxygen atoms in total. The van der Waals surface area contributed by atoms with Gasteiger partial charge in [0.25, 0.3) is 5.91 Å². The van der Waals surface area contributed by atoms with Gasteiger partial charge in [0, 0.05) is 12.6 Å². The SMILES string of the molecule is COc1ccc(C=C(NC(C)=O)C(=O)Nc2ccc(O)cc2)cc1OC. The van der Waals surface area contributed by atoms with Gasteiger partial charge in [-0.1, -0.05) is 6.07 Å². The Morgan fingerprint density at radius 2 is 1.65 bits per heavy atom. The van der Waals surface area contributed by atoms with E-state index in [1.165, 1.54) is 39.4 Å². The Morgan fingerprint density at radius 1 is 1.00 bits per heavy atom. The number of nitrogens with one attached hydrogen (secondary N) is 2. The highest BCUT2D eigenvalue weighted by Crippen LogP contribution is 2.28. The van der Waals surface area contributed by atoms with Crippen LogP contribution in [0.5, 0.6) is 17.2 Å². The topological polar surface area (TPSA) is 96.9 Å². The van der Waals surface area contributed by atoms with Crippen LogP contribution < -0.4 is 20.1 Å². The van der Waals surface area contributed by atoms with Crippen LogP contribution in [0.2, 0.25) is 0 Å². The molecule has 0 radical (unpaired) electrons. The molecule has 0 aliphatic heterocycles. The molecule has 2 aromatic rings. The van der Waals surface area contributed by atoms with E-state index in [9.17, 15) is 14.7 Å². The van der Waals surface area contributed by atoms with Crippen LogP contribution >= 0.6 is 0 Å². The number of hydrogen-bond donors (Lipinski definition) is 3. The molecular weight excluding hydrogens is 336 g/mol. The lowest BCUT2D eigenvalue weighted by atomic mass is 10.1. The number of aromatic hydroxyl groups is 1. The molecule has 2 rings (SSSR count). The average Bonchev–Trinajstić information content (AvgIpc) is 2.62. The van der Waals surface area contributed by atoms with Crippen molar-refractivity contribution in [2.45, 2.75) is 6.92 Å². The van der Waals surface area contributed by atoms with Crippen LogP contribution in [0.25, 0.3) is 6.08 Å². The summed E-state index contributed by atoms with van der Waals surface area (Å²) >= 11 is 0. The van der Waals surface area contributed by atoms with E-state index in [1.54, 1.807) is 30.3 Å². The van der Waals surface area contributed by atoms with Crippen molar-refractivity contribution in [1.29, 1.82) is 0 Å². The molecule has 26 heavy (non-hydrogen) atoms. The summed E-state index contributed by atoms with van der Waals surface area (Å²) in [5.74, 6) is 0.269. The van der Waals surface area contributed by atoms with Crippen molar-refractivity contribution in [3.63, 3.8) is 0 Å². The molecule has 0 aromatic heterocycles. The smallest absolute Gasteiger partial charge is 0.272 e. The van der Waals surface area contributed by atoms with Crippen molar-refractivity contribution in [2.75, 3.05) is 19.5 Å². The number of methoxy groups -OCH3 is 2. The quantitative estimate of drug-likeness (QED) is 0.546. The molecule has 0 aliphatic rings. The van der Waals surface area contributed by atoms with Crippen LogP contribution in [0.3, 0.4) is 0 Å². The maximum atomic E-state index is 12.5. The molecule has 0 bridgehead atoms. The Hall–Kier alpha value is -3.48. The Bertz CT molecular complexity index is 828. The number of rotatable bonds is 6. The summed E-state index contributed by atoms with van der Waals surface area (Å²) in [4.78, 5) is 24.0. The van der Waals surface area contributed by atoms with Crippen LogP contribution in [0.1, 0.15) is 12.5 Å². The molecule has 0 saturated carbocycles. The second kappa shape index (κ2) is 8.57. The summed E-state index contributed by atoms with van der Waals surface area (Å²) in [6, 6.07) is 11.1. The number of benzene rings is 2. The van der Waals surface area contributed by atoms with Gasteiger partial charge in [-0.05, 0) is 48.0 Å². The number of anilines is 1. The normalized spacial score (nSPS) is 10.8. The van der Waals surface area contributed by atoms with Crippen LogP contribution in [-0.4, -0.2) is 31.1 Å². The standard InChI is InChI=1S/C19H20N2O5/c1-12(22)20-16(19(24)21-14-5-7-15(23)8-6-14)10-13-4-9-17(25-2)18(11-13)26-3/h4-11,23H,1-3H3,(H,20,22)(H,21,24). The highest BCUT2D eigenvalue weighted by Gasteiger charge is 2.13. The number of carbonyl (C=O) groups is 2. The van der Waals surface area contributed by atoms with Gasteiger partial charge in [-0.25, -0.2) is 0 Å². The van der Waals surface area contributed by atoms with Crippen molar-refractivity contribution in [3.8, 4) is 17.2 Å². The molecule has 0 heterocycles. The summed E-state index contributed by atoms with van der Waals surface area (Å²) in [6.07, 6.45) is 1.53. The predicted molar refractivity (Wildman–Crippen MR) is 98.1 cm³/mol. The second-order valence-electron chi connectivity index (χ2n) is 5.35. The van der Waals surface area contributed by atoms with Crippen LogP contribution in [0.4, 0.5) is 5.69 Å². The molecule has 0 spiro atoms. The highest BCUT2D eigenvalue weighted by atomic mass is 16.5. The number of hydrogen-bond acceptors (Lipinski definition) is 5. The first-order chi connectivity index (χ1) is 12.4. The first kappa shape index (κ1) is 18.9. The van der Waals surface area contributed by atoms with E-state index in [-0.39, 0.29) is 17.4 Å². The van der Waals surface area contributed by atoms with E-state index in [0.29, 0.717) is 22.7 Å². The predicted octanol–water partition coefficient (Wildman–Crippen LogP) is 2.53. The molecular formula is C19H20N2O5. The zero-order valence-electron chi connectivity index (χ0n) is 14.7. The first-order valence-corrected chi connectivity index (χ1v) is 7.74. The Balaban J connectivity index is 2.30. The number of ether oxygens (including phenoxy) is 2. The number of amides is 2. The van der Waals surface area contributed by atoms with Crippen molar-refractivity contribution < 1.29 is 24.2 Å². The number of phenols is 1. The van der Waals surface area contributed by atoms with Crippen LogP contribution in [0, 0.1) is 0 Å². The summed E-state index contributed by atoms with van der Waals surface area (Å²) in [7, 11) is 3.04. The molecule has 3 N–H and O–H groups in total. The van der Waals surface area contributed by atoms with Gasteiger partial charge in [0.15, 0.2) is 11.5 Å². The fourth-order valence-electron chi connectivity index (χ4n) is 2.20. The van der Waals surface area contributed by atoms with Crippen LogP contribution in [0.15, 0.2) is 48.2 Å². The Labute approximate surface area is 151 Å². The lowest BCUT2D eigenvalue weighted by Crippen LogP contribution is -2.28. The molecule has 0 aliphatic carbocycles. The van der Waals surface area contributed by atoms with Gasteiger partial charge in [-0.2, -0.15) is 0 Å². The molecule has 0 saturated heterocycles. The van der Waals surface area contributed by atoms with Gasteiger partial charge in [0.2, 0.25) is 5.91 Å². The van der Waals surface area contributed by atoms with E-state index >= 15 is 0 Å². The zero-order valence-corrected chi connectivity index (χ0v) is 14.7. The third kappa shape index (κ3) is 5.01. The van der Waals surface area contributed by atoms with Crippen molar-refractivity contribution in [2.24, 2.45) is 0 Å². The minimum Gasteiger partial charge on any atom is -0.508 e. The van der Waals surface area contributed by atoms with Crippen molar-refractivity contribution in [3.05, 3.63) is 53.7 Å². The molecule has 0 unspecified atom stereocenters. The lowest BCUT2D eigenvalue weighted by Gasteiger charge is -2.11. The maximum absolute atomic E-state index is 12.5.